The molecule has 0 aliphatic rings. The molecule has 3 rings (SSSR count). The maximum atomic E-state index is 10.8. The summed E-state index contributed by atoms with van der Waals surface area (Å²) in [6.45, 7) is 6.15. The standard InChI is InChI=1S/C13H13N5O2S2/c1-13(2,3)11-14-7-17(16-11)22-12-15-9-5-4-8(18(19)20)6-10(9)21-12/h4-7H,1-3H3. The van der Waals surface area contributed by atoms with Crippen molar-refractivity contribution < 1.29 is 4.92 Å². The van der Waals surface area contributed by atoms with Crippen molar-refractivity contribution in [1.29, 1.82) is 0 Å². The van der Waals surface area contributed by atoms with Gasteiger partial charge in [0.05, 0.1) is 15.1 Å². The Bertz CT molecular complexity index is 850. The van der Waals surface area contributed by atoms with Gasteiger partial charge in [0.2, 0.25) is 0 Å². The van der Waals surface area contributed by atoms with Crippen LogP contribution in [0.4, 0.5) is 5.69 Å². The number of nitro benzene ring substituents is 1. The number of aromatic nitrogens is 4. The third kappa shape index (κ3) is 2.95. The van der Waals surface area contributed by atoms with Gasteiger partial charge in [0.1, 0.15) is 6.33 Å². The van der Waals surface area contributed by atoms with Gasteiger partial charge in [0.25, 0.3) is 5.69 Å². The summed E-state index contributed by atoms with van der Waals surface area (Å²) < 4.78 is 3.21. The van der Waals surface area contributed by atoms with Gasteiger partial charge in [-0.2, -0.15) is 4.09 Å². The largest absolute Gasteiger partial charge is 0.270 e. The zero-order valence-corrected chi connectivity index (χ0v) is 13.8. The third-order valence-corrected chi connectivity index (χ3v) is 4.77. The Hall–Kier alpha value is -2.00. The Morgan fingerprint density at radius 1 is 1.36 bits per heavy atom. The molecule has 0 saturated heterocycles. The van der Waals surface area contributed by atoms with Crippen LogP contribution >= 0.6 is 23.3 Å². The van der Waals surface area contributed by atoms with E-state index >= 15 is 0 Å². The summed E-state index contributed by atoms with van der Waals surface area (Å²) in [4.78, 5) is 19.1. The summed E-state index contributed by atoms with van der Waals surface area (Å²) in [5, 5.41) is 15.2. The molecule has 0 unspecified atom stereocenters. The number of fused-ring (bicyclic) bond motifs is 1. The predicted octanol–water partition coefficient (Wildman–Crippen LogP) is 3.65. The second-order valence-corrected chi connectivity index (χ2v) is 7.93. The van der Waals surface area contributed by atoms with Crippen LogP contribution in [0, 0.1) is 10.1 Å². The first-order valence-electron chi connectivity index (χ1n) is 6.48. The van der Waals surface area contributed by atoms with Crippen LogP contribution in [0.5, 0.6) is 0 Å². The van der Waals surface area contributed by atoms with Crippen molar-refractivity contribution in [3.8, 4) is 0 Å². The Morgan fingerprint density at radius 3 is 2.77 bits per heavy atom. The second kappa shape index (κ2) is 5.33. The van der Waals surface area contributed by atoms with Crippen molar-refractivity contribution in [3.63, 3.8) is 0 Å². The highest BCUT2D eigenvalue weighted by Gasteiger charge is 2.19. The quantitative estimate of drug-likeness (QED) is 0.536. The molecule has 0 bridgehead atoms. The van der Waals surface area contributed by atoms with E-state index in [4.69, 9.17) is 0 Å². The lowest BCUT2D eigenvalue weighted by atomic mass is 9.96. The molecule has 3 aromatic rings. The maximum absolute atomic E-state index is 10.8. The lowest BCUT2D eigenvalue weighted by Gasteiger charge is -2.11. The van der Waals surface area contributed by atoms with Crippen LogP contribution in [0.1, 0.15) is 26.6 Å². The number of nitrogens with zero attached hydrogens (tertiary/aromatic N) is 5. The van der Waals surface area contributed by atoms with Gasteiger partial charge in [-0.05, 0) is 6.07 Å². The summed E-state index contributed by atoms with van der Waals surface area (Å²) in [7, 11) is 0. The zero-order chi connectivity index (χ0) is 15.9. The van der Waals surface area contributed by atoms with E-state index in [1.807, 2.05) is 20.8 Å². The fraction of sp³-hybridized carbons (Fsp3) is 0.308. The summed E-state index contributed by atoms with van der Waals surface area (Å²) in [6.07, 6.45) is 1.65. The van der Waals surface area contributed by atoms with E-state index in [1.165, 1.54) is 29.4 Å². The molecule has 0 amide bonds. The van der Waals surface area contributed by atoms with E-state index in [-0.39, 0.29) is 11.1 Å². The third-order valence-electron chi connectivity index (χ3n) is 2.88. The van der Waals surface area contributed by atoms with Gasteiger partial charge in [-0.1, -0.05) is 20.8 Å². The number of nitro groups is 1. The SMILES string of the molecule is CC(C)(C)c1ncn(Sc2nc3ccc([N+](=O)[O-])cc3s2)n1. The maximum Gasteiger partial charge on any atom is 0.270 e. The molecule has 2 aromatic heterocycles. The highest BCUT2D eigenvalue weighted by molar-refractivity contribution is 7.99. The smallest absolute Gasteiger partial charge is 0.258 e. The van der Waals surface area contributed by atoms with Gasteiger partial charge in [0.15, 0.2) is 10.2 Å². The van der Waals surface area contributed by atoms with Crippen LogP contribution in [0.3, 0.4) is 0 Å². The lowest BCUT2D eigenvalue weighted by Crippen LogP contribution is -2.13. The highest BCUT2D eigenvalue weighted by Crippen LogP contribution is 2.32. The molecule has 0 radical (unpaired) electrons. The number of thiazole rings is 1. The molecule has 0 spiro atoms. The molecule has 22 heavy (non-hydrogen) atoms. The number of hydrogen-bond donors (Lipinski definition) is 0. The van der Waals surface area contributed by atoms with Crippen LogP contribution in [0.15, 0.2) is 28.9 Å². The summed E-state index contributed by atoms with van der Waals surface area (Å²) in [5.41, 5.74) is 0.706. The molecule has 0 aliphatic heterocycles. The first-order chi connectivity index (χ1) is 10.3. The predicted molar refractivity (Wildman–Crippen MR) is 86.3 cm³/mol. The van der Waals surface area contributed by atoms with Gasteiger partial charge in [0, 0.05) is 29.5 Å². The fourth-order valence-electron chi connectivity index (χ4n) is 1.76. The second-order valence-electron chi connectivity index (χ2n) is 5.70. The van der Waals surface area contributed by atoms with Crippen molar-refractivity contribution >= 4 is 39.2 Å². The average Bonchev–Trinajstić information content (AvgIpc) is 3.03. The molecule has 1 aromatic carbocycles. The van der Waals surface area contributed by atoms with E-state index in [0.29, 0.717) is 0 Å². The number of hydrogen-bond acceptors (Lipinski definition) is 7. The number of rotatable bonds is 3. The minimum atomic E-state index is -0.404. The highest BCUT2D eigenvalue weighted by atomic mass is 32.2. The van der Waals surface area contributed by atoms with E-state index in [9.17, 15) is 10.1 Å². The van der Waals surface area contributed by atoms with E-state index in [0.717, 1.165) is 20.4 Å². The monoisotopic (exact) mass is 335 g/mol. The molecular formula is C13H13N5O2S2. The van der Waals surface area contributed by atoms with Crippen LogP contribution in [0.25, 0.3) is 10.2 Å². The van der Waals surface area contributed by atoms with Crippen molar-refractivity contribution in [1.82, 2.24) is 19.2 Å². The van der Waals surface area contributed by atoms with E-state index in [2.05, 4.69) is 15.1 Å². The molecular weight excluding hydrogens is 322 g/mol. The summed E-state index contributed by atoms with van der Waals surface area (Å²) in [6, 6.07) is 4.67. The molecule has 0 saturated carbocycles. The van der Waals surface area contributed by atoms with Gasteiger partial charge in [-0.25, -0.2) is 9.97 Å². The average molecular weight is 335 g/mol. The van der Waals surface area contributed by atoms with Gasteiger partial charge < -0.3 is 0 Å². The minimum Gasteiger partial charge on any atom is -0.258 e. The molecule has 9 heteroatoms. The molecule has 0 fully saturated rings. The van der Waals surface area contributed by atoms with Crippen LogP contribution in [-0.2, 0) is 5.41 Å². The first kappa shape index (κ1) is 14.9. The Balaban J connectivity index is 1.88. The lowest BCUT2D eigenvalue weighted by molar-refractivity contribution is -0.384. The normalized spacial score (nSPS) is 12.0. The van der Waals surface area contributed by atoms with Crippen LogP contribution in [-0.4, -0.2) is 24.1 Å². The van der Waals surface area contributed by atoms with Gasteiger partial charge >= 0.3 is 0 Å². The summed E-state index contributed by atoms with van der Waals surface area (Å²) >= 11 is 2.74. The van der Waals surface area contributed by atoms with Gasteiger partial charge in [-0.15, -0.1) is 16.4 Å². The molecule has 0 atom stereocenters. The Labute approximate surface area is 134 Å². The first-order valence-corrected chi connectivity index (χ1v) is 8.07. The topological polar surface area (TPSA) is 86.7 Å². The Kier molecular flexibility index (Phi) is 3.61. The molecule has 7 nitrogen and oxygen atoms in total. The van der Waals surface area contributed by atoms with E-state index < -0.39 is 4.92 Å². The van der Waals surface area contributed by atoms with Crippen molar-refractivity contribution in [2.75, 3.05) is 0 Å². The Morgan fingerprint density at radius 2 is 2.14 bits per heavy atom. The molecule has 114 valence electrons. The van der Waals surface area contributed by atoms with Gasteiger partial charge in [-0.3, -0.25) is 10.1 Å². The van der Waals surface area contributed by atoms with Crippen molar-refractivity contribution in [3.05, 3.63) is 40.5 Å². The molecule has 0 N–H and O–H groups in total. The number of benzene rings is 1. The van der Waals surface area contributed by atoms with Crippen LogP contribution < -0.4 is 0 Å². The van der Waals surface area contributed by atoms with Crippen molar-refractivity contribution in [2.24, 2.45) is 0 Å². The fourth-order valence-corrected chi connectivity index (χ4v) is 3.65. The zero-order valence-electron chi connectivity index (χ0n) is 12.2. The van der Waals surface area contributed by atoms with Crippen molar-refractivity contribution in [2.45, 2.75) is 30.5 Å². The van der Waals surface area contributed by atoms with E-state index in [1.54, 1.807) is 22.5 Å². The molecule has 2 heterocycles. The number of non-ortho nitro benzene ring substituents is 1. The summed E-state index contributed by atoms with van der Waals surface area (Å²) in [5.74, 6) is 0.761. The minimum absolute atomic E-state index is 0.0727. The molecule has 0 aliphatic carbocycles. The van der Waals surface area contributed by atoms with Crippen LogP contribution in [0.2, 0.25) is 0 Å².